The quantitative estimate of drug-likeness (QED) is 0.809. The molecule has 0 aliphatic heterocycles. The molecule has 2 aromatic rings. The Kier molecular flexibility index (Phi) is 5.20. The van der Waals surface area contributed by atoms with Crippen molar-refractivity contribution in [2.75, 3.05) is 26.9 Å². The van der Waals surface area contributed by atoms with E-state index in [2.05, 4.69) is 6.07 Å². The zero-order valence-corrected chi connectivity index (χ0v) is 14.6. The Labute approximate surface area is 135 Å². The minimum absolute atomic E-state index is 0.000910. The van der Waals surface area contributed by atoms with E-state index in [1.165, 1.54) is 18.8 Å². The summed E-state index contributed by atoms with van der Waals surface area (Å²) in [7, 11) is 1.32. The number of hydrogen-bond donors (Lipinski definition) is 0. The van der Waals surface area contributed by atoms with Gasteiger partial charge in [-0.15, -0.1) is 11.3 Å². The maximum atomic E-state index is 12.1. The Morgan fingerprint density at radius 1 is 1.18 bits per heavy atom. The van der Waals surface area contributed by atoms with Crippen molar-refractivity contribution in [3.05, 3.63) is 35.2 Å². The standard InChI is InChI=1S/C15H20N2O3S2/c1-16(2)22(19,20)9-8-15(18)17(3)10-12-11-21-14-7-5-4-6-13(12)14/h4-7,11H,8-10H2,1-3H3. The molecule has 1 amide bonds. The minimum atomic E-state index is -3.34. The van der Waals surface area contributed by atoms with Crippen molar-refractivity contribution in [3.63, 3.8) is 0 Å². The van der Waals surface area contributed by atoms with Crippen LogP contribution in [0.1, 0.15) is 12.0 Å². The van der Waals surface area contributed by atoms with E-state index in [0.29, 0.717) is 6.54 Å². The van der Waals surface area contributed by atoms with Crippen molar-refractivity contribution >= 4 is 37.4 Å². The van der Waals surface area contributed by atoms with Crippen molar-refractivity contribution in [1.29, 1.82) is 0 Å². The molecule has 120 valence electrons. The third-order valence-electron chi connectivity index (χ3n) is 3.52. The Bertz CT molecular complexity index is 766. The molecule has 0 atom stereocenters. The van der Waals surface area contributed by atoms with Crippen molar-refractivity contribution < 1.29 is 13.2 Å². The number of nitrogens with zero attached hydrogens (tertiary/aromatic N) is 2. The van der Waals surface area contributed by atoms with Crippen molar-refractivity contribution in [2.45, 2.75) is 13.0 Å². The first-order valence-corrected chi connectivity index (χ1v) is 9.39. The fourth-order valence-electron chi connectivity index (χ4n) is 2.09. The number of thiophene rings is 1. The molecule has 5 nitrogen and oxygen atoms in total. The van der Waals surface area contributed by atoms with Crippen LogP contribution < -0.4 is 0 Å². The lowest BCUT2D eigenvalue weighted by atomic mass is 10.1. The number of rotatable bonds is 6. The van der Waals surface area contributed by atoms with Gasteiger partial charge in [-0.1, -0.05) is 18.2 Å². The van der Waals surface area contributed by atoms with E-state index in [4.69, 9.17) is 0 Å². The van der Waals surface area contributed by atoms with Gasteiger partial charge in [-0.25, -0.2) is 12.7 Å². The molecule has 0 radical (unpaired) electrons. The van der Waals surface area contributed by atoms with E-state index in [1.807, 2.05) is 23.6 Å². The first kappa shape index (κ1) is 16.9. The Morgan fingerprint density at radius 3 is 2.55 bits per heavy atom. The first-order valence-electron chi connectivity index (χ1n) is 6.90. The number of benzene rings is 1. The molecular weight excluding hydrogens is 320 g/mol. The van der Waals surface area contributed by atoms with Crippen LogP contribution in [0.25, 0.3) is 10.1 Å². The summed E-state index contributed by atoms with van der Waals surface area (Å²) in [4.78, 5) is 13.7. The fourth-order valence-corrected chi connectivity index (χ4v) is 3.84. The van der Waals surface area contributed by atoms with E-state index in [1.54, 1.807) is 23.3 Å². The average molecular weight is 340 g/mol. The van der Waals surface area contributed by atoms with Crippen LogP contribution in [-0.2, 0) is 21.4 Å². The molecule has 0 saturated carbocycles. The van der Waals surface area contributed by atoms with Crippen molar-refractivity contribution in [1.82, 2.24) is 9.21 Å². The summed E-state index contributed by atoms with van der Waals surface area (Å²) < 4.78 is 25.7. The molecule has 0 spiro atoms. The van der Waals surface area contributed by atoms with E-state index in [-0.39, 0.29) is 18.1 Å². The maximum absolute atomic E-state index is 12.1. The van der Waals surface area contributed by atoms with Gasteiger partial charge in [-0.3, -0.25) is 4.79 Å². The van der Waals surface area contributed by atoms with Gasteiger partial charge in [0, 0.05) is 38.8 Å². The maximum Gasteiger partial charge on any atom is 0.223 e. The van der Waals surface area contributed by atoms with Crippen LogP contribution in [0.15, 0.2) is 29.6 Å². The predicted molar refractivity (Wildman–Crippen MR) is 90.4 cm³/mol. The van der Waals surface area contributed by atoms with Gasteiger partial charge in [0.25, 0.3) is 0 Å². The number of amides is 1. The van der Waals surface area contributed by atoms with E-state index >= 15 is 0 Å². The van der Waals surface area contributed by atoms with Crippen LogP contribution in [0.3, 0.4) is 0 Å². The second-order valence-corrected chi connectivity index (χ2v) is 8.57. The molecule has 0 unspecified atom stereocenters. The van der Waals surface area contributed by atoms with Crippen LogP contribution in [0, 0.1) is 0 Å². The van der Waals surface area contributed by atoms with E-state index < -0.39 is 10.0 Å². The lowest BCUT2D eigenvalue weighted by Crippen LogP contribution is -2.31. The fraction of sp³-hybridized carbons (Fsp3) is 0.400. The monoisotopic (exact) mass is 340 g/mol. The summed E-state index contributed by atoms with van der Waals surface area (Å²) in [6, 6.07) is 8.05. The average Bonchev–Trinajstić information content (AvgIpc) is 2.88. The second-order valence-electron chi connectivity index (χ2n) is 5.36. The highest BCUT2D eigenvalue weighted by atomic mass is 32.2. The molecular formula is C15H20N2O3S2. The summed E-state index contributed by atoms with van der Waals surface area (Å²) in [5.41, 5.74) is 1.09. The highest BCUT2D eigenvalue weighted by Gasteiger charge is 2.18. The summed E-state index contributed by atoms with van der Waals surface area (Å²) in [6.07, 6.45) is -0.000910. The largest absolute Gasteiger partial charge is 0.341 e. The highest BCUT2D eigenvalue weighted by molar-refractivity contribution is 7.89. The SMILES string of the molecule is CN(Cc1csc2ccccc12)C(=O)CCS(=O)(=O)N(C)C. The van der Waals surface area contributed by atoms with Gasteiger partial charge in [0.1, 0.15) is 0 Å². The van der Waals surface area contributed by atoms with Gasteiger partial charge >= 0.3 is 0 Å². The summed E-state index contributed by atoms with van der Waals surface area (Å²) >= 11 is 1.65. The van der Waals surface area contributed by atoms with Crippen LogP contribution in [-0.4, -0.2) is 50.4 Å². The molecule has 2 rings (SSSR count). The molecule has 0 fully saturated rings. The van der Waals surface area contributed by atoms with E-state index in [9.17, 15) is 13.2 Å². The zero-order valence-electron chi connectivity index (χ0n) is 12.9. The zero-order chi connectivity index (χ0) is 16.3. The lowest BCUT2D eigenvalue weighted by molar-refractivity contribution is -0.129. The van der Waals surface area contributed by atoms with Gasteiger partial charge in [-0.2, -0.15) is 0 Å². The smallest absolute Gasteiger partial charge is 0.223 e. The Hall–Kier alpha value is -1.44. The summed E-state index contributed by atoms with van der Waals surface area (Å²) in [5.74, 6) is -0.325. The molecule has 1 aromatic carbocycles. The van der Waals surface area contributed by atoms with E-state index in [0.717, 1.165) is 15.3 Å². The minimum Gasteiger partial charge on any atom is -0.341 e. The number of sulfonamides is 1. The molecule has 1 heterocycles. The van der Waals surface area contributed by atoms with Gasteiger partial charge in [0.2, 0.25) is 15.9 Å². The number of fused-ring (bicyclic) bond motifs is 1. The van der Waals surface area contributed by atoms with Crippen LogP contribution in [0.5, 0.6) is 0 Å². The molecule has 1 aromatic heterocycles. The van der Waals surface area contributed by atoms with Gasteiger partial charge in [0.15, 0.2) is 0 Å². The molecule has 0 saturated heterocycles. The predicted octanol–water partition coefficient (Wildman–Crippen LogP) is 2.14. The van der Waals surface area contributed by atoms with Gasteiger partial charge in [-0.05, 0) is 22.4 Å². The van der Waals surface area contributed by atoms with Crippen LogP contribution in [0.4, 0.5) is 0 Å². The van der Waals surface area contributed by atoms with Crippen molar-refractivity contribution in [3.8, 4) is 0 Å². The molecule has 0 N–H and O–H groups in total. The summed E-state index contributed by atoms with van der Waals surface area (Å²) in [5, 5.41) is 3.19. The molecule has 0 aliphatic carbocycles. The Morgan fingerprint density at radius 2 is 1.86 bits per heavy atom. The van der Waals surface area contributed by atoms with Gasteiger partial charge < -0.3 is 4.90 Å². The number of hydrogen-bond acceptors (Lipinski definition) is 4. The Balaban J connectivity index is 2.00. The number of carbonyl (C=O) groups is 1. The third kappa shape index (κ3) is 3.85. The summed E-state index contributed by atoms with van der Waals surface area (Å²) in [6.45, 7) is 0.491. The van der Waals surface area contributed by atoms with Crippen LogP contribution in [0.2, 0.25) is 0 Å². The highest BCUT2D eigenvalue weighted by Crippen LogP contribution is 2.26. The van der Waals surface area contributed by atoms with Crippen molar-refractivity contribution in [2.24, 2.45) is 0 Å². The molecule has 22 heavy (non-hydrogen) atoms. The molecule has 7 heteroatoms. The van der Waals surface area contributed by atoms with Crippen LogP contribution >= 0.6 is 11.3 Å². The number of carbonyl (C=O) groups excluding carboxylic acids is 1. The normalized spacial score (nSPS) is 12.0. The second kappa shape index (κ2) is 6.76. The molecule has 0 bridgehead atoms. The van der Waals surface area contributed by atoms with Gasteiger partial charge in [0.05, 0.1) is 5.75 Å². The lowest BCUT2D eigenvalue weighted by Gasteiger charge is -2.18. The topological polar surface area (TPSA) is 57.7 Å². The molecule has 0 aliphatic rings. The third-order valence-corrected chi connectivity index (χ3v) is 6.37. The first-order chi connectivity index (χ1) is 10.3.